The largest absolute Gasteiger partial charge is 0.295 e. The summed E-state index contributed by atoms with van der Waals surface area (Å²) in [6.45, 7) is 4.95. The first kappa shape index (κ1) is 14.6. The number of terminal acetylenes is 1. The van der Waals surface area contributed by atoms with Crippen LogP contribution < -0.4 is 0 Å². The molecule has 0 aromatic heterocycles. The number of carbonyl (C=O) groups excluding carboxylic acids is 1. The van der Waals surface area contributed by atoms with Crippen LogP contribution in [0.3, 0.4) is 0 Å². The summed E-state index contributed by atoms with van der Waals surface area (Å²) in [6, 6.07) is 0. The highest BCUT2D eigenvalue weighted by atomic mass is 16.1. The maximum atomic E-state index is 11.8. The second kappa shape index (κ2) is 4.73. The molecule has 4 aliphatic rings. The number of hydrogen-bond acceptors (Lipinski definition) is 1. The lowest BCUT2D eigenvalue weighted by Gasteiger charge is -2.57. The number of rotatable bonds is 0. The van der Waals surface area contributed by atoms with E-state index in [4.69, 9.17) is 6.42 Å². The molecule has 118 valence electrons. The van der Waals surface area contributed by atoms with Gasteiger partial charge in [-0.15, -0.1) is 12.3 Å². The minimum atomic E-state index is 0.278. The maximum Gasteiger partial charge on any atom is 0.155 e. The second-order valence-corrected chi connectivity index (χ2v) is 8.89. The quantitative estimate of drug-likeness (QED) is 0.589. The van der Waals surface area contributed by atoms with Crippen molar-refractivity contribution in [3.63, 3.8) is 0 Å². The van der Waals surface area contributed by atoms with E-state index in [0.29, 0.717) is 17.1 Å². The fourth-order valence-corrected chi connectivity index (χ4v) is 6.81. The van der Waals surface area contributed by atoms with Crippen LogP contribution in [0.25, 0.3) is 0 Å². The lowest BCUT2D eigenvalue weighted by molar-refractivity contribution is -0.117. The number of hydrogen-bond donors (Lipinski definition) is 0. The van der Waals surface area contributed by atoms with Crippen molar-refractivity contribution in [2.45, 2.75) is 65.2 Å². The smallest absolute Gasteiger partial charge is 0.155 e. The lowest BCUT2D eigenvalue weighted by Crippen LogP contribution is -2.50. The van der Waals surface area contributed by atoms with Gasteiger partial charge in [0, 0.05) is 12.3 Å². The molecule has 0 aromatic carbocycles. The van der Waals surface area contributed by atoms with Crippen molar-refractivity contribution < 1.29 is 4.79 Å². The molecule has 0 aromatic rings. The summed E-state index contributed by atoms with van der Waals surface area (Å²) in [6.07, 6.45) is 17.4. The van der Waals surface area contributed by atoms with Crippen LogP contribution in [0.15, 0.2) is 11.6 Å². The SMILES string of the molecule is C#CC1CC[C@@]2(C)CC[C@H]3[C@@H](CCC4=CC(=O)CC[C@@]43C)[C@H]12. The normalized spacial score (nSPS) is 50.4. The highest BCUT2D eigenvalue weighted by molar-refractivity contribution is 5.91. The molecule has 0 spiro atoms. The van der Waals surface area contributed by atoms with Gasteiger partial charge in [-0.3, -0.25) is 4.79 Å². The van der Waals surface area contributed by atoms with Crippen LogP contribution >= 0.6 is 0 Å². The summed E-state index contributed by atoms with van der Waals surface area (Å²) in [5.74, 6) is 6.27. The zero-order valence-corrected chi connectivity index (χ0v) is 14.0. The van der Waals surface area contributed by atoms with Gasteiger partial charge in [-0.1, -0.05) is 19.4 Å². The number of ketones is 1. The third-order valence-corrected chi connectivity index (χ3v) is 8.01. The Balaban J connectivity index is 1.72. The first-order valence-corrected chi connectivity index (χ1v) is 9.18. The predicted octanol–water partition coefficient (Wildman–Crippen LogP) is 4.77. The van der Waals surface area contributed by atoms with Crippen molar-refractivity contribution in [2.75, 3.05) is 0 Å². The summed E-state index contributed by atoms with van der Waals surface area (Å²) in [4.78, 5) is 11.8. The molecule has 3 saturated carbocycles. The van der Waals surface area contributed by atoms with Crippen molar-refractivity contribution >= 4 is 5.78 Å². The fourth-order valence-electron chi connectivity index (χ4n) is 6.81. The topological polar surface area (TPSA) is 17.1 Å². The predicted molar refractivity (Wildman–Crippen MR) is 89.0 cm³/mol. The standard InChI is InChI=1S/C21H28O/c1-4-14-7-10-20(2)11-9-18-17(19(14)20)6-5-15-13-16(22)8-12-21(15,18)3/h1,13-14,17-19H,5-12H2,2-3H3/t14?,17-,18+,19+,20+,21+/m1/s1. The van der Waals surface area contributed by atoms with E-state index in [9.17, 15) is 4.79 Å². The Bertz CT molecular complexity index is 579. The van der Waals surface area contributed by atoms with Gasteiger partial charge in [-0.2, -0.15) is 0 Å². The zero-order chi connectivity index (χ0) is 15.5. The molecular weight excluding hydrogens is 268 g/mol. The van der Waals surface area contributed by atoms with Gasteiger partial charge in [0.05, 0.1) is 0 Å². The maximum absolute atomic E-state index is 11.8. The minimum absolute atomic E-state index is 0.278. The van der Waals surface area contributed by atoms with E-state index in [0.717, 1.165) is 37.0 Å². The molecule has 0 bridgehead atoms. The van der Waals surface area contributed by atoms with Crippen LogP contribution in [0, 0.1) is 46.8 Å². The van der Waals surface area contributed by atoms with Crippen molar-refractivity contribution in [1.29, 1.82) is 0 Å². The molecule has 1 unspecified atom stereocenters. The van der Waals surface area contributed by atoms with Gasteiger partial charge in [-0.25, -0.2) is 0 Å². The molecule has 1 nitrogen and oxygen atoms in total. The van der Waals surface area contributed by atoms with Gasteiger partial charge in [0.25, 0.3) is 0 Å². The highest BCUT2D eigenvalue weighted by Crippen LogP contribution is 2.66. The summed E-state index contributed by atoms with van der Waals surface area (Å²) in [7, 11) is 0. The first-order chi connectivity index (χ1) is 10.5. The Kier molecular flexibility index (Phi) is 3.13. The van der Waals surface area contributed by atoms with E-state index in [-0.39, 0.29) is 5.41 Å². The Morgan fingerprint density at radius 3 is 2.68 bits per heavy atom. The molecule has 6 atom stereocenters. The monoisotopic (exact) mass is 296 g/mol. The van der Waals surface area contributed by atoms with Crippen LogP contribution in [-0.4, -0.2) is 5.78 Å². The molecule has 0 aliphatic heterocycles. The summed E-state index contributed by atoms with van der Waals surface area (Å²) in [5, 5.41) is 0. The van der Waals surface area contributed by atoms with Gasteiger partial charge in [0.2, 0.25) is 0 Å². The molecule has 0 amide bonds. The zero-order valence-electron chi connectivity index (χ0n) is 14.0. The van der Waals surface area contributed by atoms with Crippen LogP contribution in [0.1, 0.15) is 65.2 Å². The van der Waals surface area contributed by atoms with E-state index in [1.54, 1.807) is 0 Å². The molecule has 0 radical (unpaired) electrons. The van der Waals surface area contributed by atoms with Gasteiger partial charge < -0.3 is 0 Å². The van der Waals surface area contributed by atoms with E-state index in [2.05, 4.69) is 19.8 Å². The van der Waals surface area contributed by atoms with Crippen LogP contribution in [-0.2, 0) is 4.79 Å². The lowest BCUT2D eigenvalue weighted by atomic mass is 9.47. The molecule has 3 fully saturated rings. The molecule has 0 N–H and O–H groups in total. The van der Waals surface area contributed by atoms with Crippen LogP contribution in [0.5, 0.6) is 0 Å². The van der Waals surface area contributed by atoms with Gasteiger partial charge in [0.1, 0.15) is 0 Å². The number of allylic oxidation sites excluding steroid dienone is 1. The number of carbonyl (C=O) groups is 1. The van der Waals surface area contributed by atoms with Crippen molar-refractivity contribution in [3.8, 4) is 12.3 Å². The molecular formula is C21H28O. The van der Waals surface area contributed by atoms with E-state index >= 15 is 0 Å². The van der Waals surface area contributed by atoms with Crippen LogP contribution in [0.2, 0.25) is 0 Å². The van der Waals surface area contributed by atoms with Crippen molar-refractivity contribution in [1.82, 2.24) is 0 Å². The Morgan fingerprint density at radius 2 is 1.91 bits per heavy atom. The minimum Gasteiger partial charge on any atom is -0.295 e. The van der Waals surface area contributed by atoms with Gasteiger partial charge >= 0.3 is 0 Å². The molecule has 0 saturated heterocycles. The Labute approximate surface area is 134 Å². The third kappa shape index (κ3) is 1.82. The first-order valence-electron chi connectivity index (χ1n) is 9.18. The highest BCUT2D eigenvalue weighted by Gasteiger charge is 2.58. The fraction of sp³-hybridized carbons (Fsp3) is 0.762. The Morgan fingerprint density at radius 1 is 1.14 bits per heavy atom. The Hall–Kier alpha value is -1.03. The van der Waals surface area contributed by atoms with E-state index in [1.165, 1.54) is 37.7 Å². The third-order valence-electron chi connectivity index (χ3n) is 8.01. The van der Waals surface area contributed by atoms with Crippen molar-refractivity contribution in [2.24, 2.45) is 34.5 Å². The number of fused-ring (bicyclic) bond motifs is 5. The molecule has 0 heterocycles. The average molecular weight is 296 g/mol. The average Bonchev–Trinajstić information content (AvgIpc) is 2.85. The van der Waals surface area contributed by atoms with E-state index in [1.807, 2.05) is 6.08 Å². The summed E-state index contributed by atoms with van der Waals surface area (Å²) in [5.41, 5.74) is 2.23. The molecule has 22 heavy (non-hydrogen) atoms. The summed E-state index contributed by atoms with van der Waals surface area (Å²) >= 11 is 0. The molecule has 1 heteroatoms. The van der Waals surface area contributed by atoms with E-state index < -0.39 is 0 Å². The molecule has 4 aliphatic carbocycles. The van der Waals surface area contributed by atoms with Gasteiger partial charge in [-0.05, 0) is 79.6 Å². The summed E-state index contributed by atoms with van der Waals surface area (Å²) < 4.78 is 0. The van der Waals surface area contributed by atoms with Gasteiger partial charge in [0.15, 0.2) is 5.78 Å². The van der Waals surface area contributed by atoms with Crippen molar-refractivity contribution in [3.05, 3.63) is 11.6 Å². The van der Waals surface area contributed by atoms with Crippen LogP contribution in [0.4, 0.5) is 0 Å². The second-order valence-electron chi connectivity index (χ2n) is 8.89. The molecule has 4 rings (SSSR count).